The number of benzene rings is 1. The zero-order valence-corrected chi connectivity index (χ0v) is 9.47. The molecule has 0 unspecified atom stereocenters. The van der Waals surface area contributed by atoms with Gasteiger partial charge in [-0.1, -0.05) is 25.4 Å². The Hall–Kier alpha value is -0.930. The van der Waals surface area contributed by atoms with E-state index in [1.165, 1.54) is 0 Å². The van der Waals surface area contributed by atoms with Gasteiger partial charge in [-0.05, 0) is 11.6 Å². The second-order valence-electron chi connectivity index (χ2n) is 4.23. The fourth-order valence-electron chi connectivity index (χ4n) is 1.52. The minimum absolute atomic E-state index is 0.0341. The zero-order chi connectivity index (χ0) is 11.1. The summed E-state index contributed by atoms with van der Waals surface area (Å²) in [7, 11) is 0. The topological polar surface area (TPSA) is 38.7 Å². The fourth-order valence-corrected chi connectivity index (χ4v) is 1.93. The summed E-state index contributed by atoms with van der Waals surface area (Å²) >= 11 is 6.12. The first-order valence-corrected chi connectivity index (χ1v) is 5.13. The first-order valence-electron chi connectivity index (χ1n) is 4.75. The molecule has 0 fully saturated rings. The highest BCUT2D eigenvalue weighted by Crippen LogP contribution is 2.40. The van der Waals surface area contributed by atoms with E-state index >= 15 is 0 Å². The highest BCUT2D eigenvalue weighted by Gasteiger charge is 2.26. The van der Waals surface area contributed by atoms with Crippen LogP contribution >= 0.6 is 11.6 Å². The Kier molecular flexibility index (Phi) is 2.52. The van der Waals surface area contributed by atoms with Crippen molar-refractivity contribution >= 4 is 11.6 Å². The first-order chi connectivity index (χ1) is 7.04. The van der Waals surface area contributed by atoms with Gasteiger partial charge in [0.05, 0.1) is 6.61 Å². The molecule has 0 bridgehead atoms. The average molecular weight is 229 g/mol. The molecule has 1 aliphatic heterocycles. The lowest BCUT2D eigenvalue weighted by Gasteiger charge is -2.23. The van der Waals surface area contributed by atoms with Crippen LogP contribution in [0.4, 0.5) is 0 Å². The molecule has 1 aliphatic rings. The van der Waals surface area contributed by atoms with Crippen molar-refractivity contribution in [3.8, 4) is 11.5 Å². The Bertz CT molecular complexity index is 388. The van der Waals surface area contributed by atoms with Gasteiger partial charge in [-0.25, -0.2) is 0 Å². The Morgan fingerprint density at radius 1 is 1.33 bits per heavy atom. The van der Waals surface area contributed by atoms with Crippen LogP contribution in [0.25, 0.3) is 0 Å². The van der Waals surface area contributed by atoms with Crippen molar-refractivity contribution in [3.63, 3.8) is 0 Å². The lowest BCUT2D eigenvalue weighted by atomic mass is 9.85. The Labute approximate surface area is 93.6 Å². The predicted octanol–water partition coefficient (Wildman–Crippen LogP) is 2.34. The Morgan fingerprint density at radius 2 is 1.93 bits per heavy atom. The molecule has 0 saturated heterocycles. The quantitative estimate of drug-likeness (QED) is 0.845. The Balaban J connectivity index is 2.49. The van der Waals surface area contributed by atoms with Crippen LogP contribution in [0, 0.1) is 0 Å². The summed E-state index contributed by atoms with van der Waals surface area (Å²) in [6, 6.07) is 3.57. The van der Waals surface area contributed by atoms with Crippen LogP contribution in [0.2, 0.25) is 5.02 Å². The van der Waals surface area contributed by atoms with Crippen LogP contribution in [0.1, 0.15) is 19.4 Å². The van der Waals surface area contributed by atoms with E-state index in [0.29, 0.717) is 16.5 Å². The highest BCUT2D eigenvalue weighted by molar-refractivity contribution is 6.31. The molecule has 0 spiro atoms. The third kappa shape index (κ3) is 1.77. The third-order valence-corrected chi connectivity index (χ3v) is 2.90. The van der Waals surface area contributed by atoms with Gasteiger partial charge in [0.1, 0.15) is 0 Å². The molecule has 82 valence electrons. The van der Waals surface area contributed by atoms with E-state index in [1.54, 1.807) is 6.07 Å². The molecular weight excluding hydrogens is 216 g/mol. The largest absolute Gasteiger partial charge is 0.454 e. The van der Waals surface area contributed by atoms with Crippen LogP contribution < -0.4 is 9.47 Å². The second-order valence-corrected chi connectivity index (χ2v) is 4.63. The van der Waals surface area contributed by atoms with E-state index in [2.05, 4.69) is 0 Å². The monoisotopic (exact) mass is 228 g/mol. The molecule has 0 saturated carbocycles. The van der Waals surface area contributed by atoms with Crippen LogP contribution in [-0.4, -0.2) is 18.5 Å². The zero-order valence-electron chi connectivity index (χ0n) is 8.71. The lowest BCUT2D eigenvalue weighted by Crippen LogP contribution is -2.22. The summed E-state index contributed by atoms with van der Waals surface area (Å²) in [6.07, 6.45) is 0. The molecular formula is C11H13ClO3. The van der Waals surface area contributed by atoms with Gasteiger partial charge >= 0.3 is 0 Å². The van der Waals surface area contributed by atoms with Gasteiger partial charge in [0.25, 0.3) is 0 Å². The molecule has 0 aromatic heterocycles. The van der Waals surface area contributed by atoms with E-state index in [9.17, 15) is 5.11 Å². The van der Waals surface area contributed by atoms with Gasteiger partial charge in [0.15, 0.2) is 11.5 Å². The minimum Gasteiger partial charge on any atom is -0.454 e. The molecule has 4 heteroatoms. The number of aliphatic hydroxyl groups is 1. The maximum absolute atomic E-state index is 9.29. The summed E-state index contributed by atoms with van der Waals surface area (Å²) < 4.78 is 10.5. The van der Waals surface area contributed by atoms with Crippen molar-refractivity contribution in [3.05, 3.63) is 22.7 Å². The van der Waals surface area contributed by atoms with E-state index in [4.69, 9.17) is 21.1 Å². The Morgan fingerprint density at radius 3 is 2.53 bits per heavy atom. The normalized spacial score (nSPS) is 14.4. The van der Waals surface area contributed by atoms with Crippen LogP contribution in [-0.2, 0) is 5.41 Å². The van der Waals surface area contributed by atoms with E-state index in [0.717, 1.165) is 5.56 Å². The molecule has 1 aromatic carbocycles. The average Bonchev–Trinajstić information content (AvgIpc) is 2.63. The van der Waals surface area contributed by atoms with Crippen molar-refractivity contribution in [2.75, 3.05) is 13.4 Å². The summed E-state index contributed by atoms with van der Waals surface area (Å²) in [5.74, 6) is 1.36. The molecule has 1 heterocycles. The minimum atomic E-state index is -0.377. The van der Waals surface area contributed by atoms with Crippen molar-refractivity contribution < 1.29 is 14.6 Å². The molecule has 0 aliphatic carbocycles. The van der Waals surface area contributed by atoms with Crippen molar-refractivity contribution in [1.82, 2.24) is 0 Å². The summed E-state index contributed by atoms with van der Waals surface area (Å²) in [5.41, 5.74) is 0.494. The van der Waals surface area contributed by atoms with Crippen molar-refractivity contribution in [1.29, 1.82) is 0 Å². The van der Waals surface area contributed by atoms with Gasteiger partial charge < -0.3 is 14.6 Å². The van der Waals surface area contributed by atoms with Crippen LogP contribution in [0.5, 0.6) is 11.5 Å². The van der Waals surface area contributed by atoms with E-state index in [1.807, 2.05) is 19.9 Å². The number of aliphatic hydroxyl groups excluding tert-OH is 1. The number of fused-ring (bicyclic) bond motifs is 1. The maximum atomic E-state index is 9.29. The summed E-state index contributed by atoms with van der Waals surface area (Å²) in [4.78, 5) is 0. The van der Waals surface area contributed by atoms with Crippen LogP contribution in [0.3, 0.4) is 0 Å². The molecule has 3 nitrogen and oxygen atoms in total. The van der Waals surface area contributed by atoms with Gasteiger partial charge in [-0.3, -0.25) is 0 Å². The summed E-state index contributed by atoms with van der Waals surface area (Å²) in [6.45, 7) is 4.12. The highest BCUT2D eigenvalue weighted by atomic mass is 35.5. The predicted molar refractivity (Wildman–Crippen MR) is 57.7 cm³/mol. The number of hydrogen-bond acceptors (Lipinski definition) is 3. The molecule has 0 amide bonds. The van der Waals surface area contributed by atoms with E-state index < -0.39 is 0 Å². The molecule has 15 heavy (non-hydrogen) atoms. The molecule has 0 radical (unpaired) electrons. The van der Waals surface area contributed by atoms with Gasteiger partial charge in [0, 0.05) is 16.5 Å². The second kappa shape index (κ2) is 3.58. The molecule has 1 aromatic rings. The standard InChI is InChI=1S/C11H13ClO3/c1-11(2,5-13)7-3-9-10(4-8(7)12)15-6-14-9/h3-4,13H,5-6H2,1-2H3. The number of rotatable bonds is 2. The fraction of sp³-hybridized carbons (Fsp3) is 0.455. The van der Waals surface area contributed by atoms with Crippen molar-refractivity contribution in [2.45, 2.75) is 19.3 Å². The molecule has 0 atom stereocenters. The smallest absolute Gasteiger partial charge is 0.231 e. The molecule has 2 rings (SSSR count). The SMILES string of the molecule is CC(C)(CO)c1cc2c(cc1Cl)OCO2. The third-order valence-electron chi connectivity index (χ3n) is 2.59. The first kappa shape index (κ1) is 10.6. The lowest BCUT2D eigenvalue weighted by molar-refractivity contribution is 0.173. The number of hydrogen-bond donors (Lipinski definition) is 1. The van der Waals surface area contributed by atoms with Gasteiger partial charge in [-0.15, -0.1) is 0 Å². The van der Waals surface area contributed by atoms with E-state index in [-0.39, 0.29) is 18.8 Å². The maximum Gasteiger partial charge on any atom is 0.231 e. The van der Waals surface area contributed by atoms with Crippen LogP contribution in [0.15, 0.2) is 12.1 Å². The van der Waals surface area contributed by atoms with Gasteiger partial charge in [0.2, 0.25) is 6.79 Å². The number of halogens is 1. The summed E-state index contributed by atoms with van der Waals surface area (Å²) in [5, 5.41) is 9.89. The molecule has 1 N–H and O–H groups in total. The van der Waals surface area contributed by atoms with Crippen molar-refractivity contribution in [2.24, 2.45) is 0 Å². The van der Waals surface area contributed by atoms with Gasteiger partial charge in [-0.2, -0.15) is 0 Å². The number of ether oxygens (including phenoxy) is 2.